The molecule has 70 valence electrons. The van der Waals surface area contributed by atoms with Crippen LogP contribution in [0.3, 0.4) is 0 Å². The summed E-state index contributed by atoms with van der Waals surface area (Å²) in [5.74, 6) is 0. The van der Waals surface area contributed by atoms with Crippen LogP contribution in [0.4, 0.5) is 0 Å². The van der Waals surface area contributed by atoms with Crippen molar-refractivity contribution in [2.24, 2.45) is 0 Å². The van der Waals surface area contributed by atoms with Crippen LogP contribution in [0.2, 0.25) is 0 Å². The van der Waals surface area contributed by atoms with E-state index in [1.807, 2.05) is 0 Å². The zero-order valence-electron chi connectivity index (χ0n) is 6.11. The van der Waals surface area contributed by atoms with Gasteiger partial charge in [-0.25, -0.2) is 0 Å². The number of hydrogen-bond acceptors (Lipinski definition) is 5. The maximum atomic E-state index is 9.09. The number of ether oxygens (including phenoxy) is 1. The quantitative estimate of drug-likeness (QED) is 0.252. The van der Waals surface area contributed by atoms with Crippen molar-refractivity contribution in [3.8, 4) is 0 Å². The summed E-state index contributed by atoms with van der Waals surface area (Å²) >= 11 is 0. The number of aliphatic hydroxyl groups is 4. The molecule has 0 aliphatic carbocycles. The number of carbonyl (C=O) groups excluding carboxylic acids is 1. The van der Waals surface area contributed by atoms with E-state index in [0.29, 0.717) is 6.29 Å². The molecule has 1 rings (SSSR count). The molecule has 0 saturated carbocycles. The van der Waals surface area contributed by atoms with E-state index in [4.69, 9.17) is 25.2 Å². The Morgan fingerprint density at radius 3 is 2.08 bits per heavy atom. The molecule has 1 aliphatic rings. The molecule has 0 aromatic heterocycles. The van der Waals surface area contributed by atoms with Crippen LogP contribution in [0.1, 0.15) is 0 Å². The molecule has 0 aromatic carbocycles. The monoisotopic (exact) mass is 179 g/mol. The van der Waals surface area contributed by atoms with Gasteiger partial charge in [0.2, 0.25) is 0 Å². The Hall–Kier alpha value is -0.530. The van der Waals surface area contributed by atoms with Crippen LogP contribution in [0.5, 0.6) is 0 Å². The number of aliphatic hydroxyl groups excluding tert-OH is 4. The molecule has 5 atom stereocenters. The molecule has 0 radical (unpaired) electrons. The van der Waals surface area contributed by atoms with Crippen molar-refractivity contribution < 1.29 is 30.0 Å². The van der Waals surface area contributed by atoms with Crippen LogP contribution in [0, 0.1) is 0 Å². The number of aldehydes is 1. The van der Waals surface area contributed by atoms with E-state index in [1.165, 1.54) is 0 Å². The largest absolute Gasteiger partial charge is 0.387 e. The summed E-state index contributed by atoms with van der Waals surface area (Å²) in [5.41, 5.74) is 0. The van der Waals surface area contributed by atoms with Gasteiger partial charge >= 0.3 is 6.29 Å². The van der Waals surface area contributed by atoms with E-state index < -0.39 is 30.7 Å². The lowest BCUT2D eigenvalue weighted by molar-refractivity contribution is -0.266. The molecule has 6 nitrogen and oxygen atoms in total. The Labute approximate surface area is 68.0 Å². The molecule has 6 heteroatoms. The molecule has 0 bridgehead atoms. The van der Waals surface area contributed by atoms with Crippen LogP contribution in [-0.2, 0) is 4.74 Å². The van der Waals surface area contributed by atoms with Crippen molar-refractivity contribution in [3.63, 3.8) is 0 Å². The summed E-state index contributed by atoms with van der Waals surface area (Å²) in [6.45, 7) is 0. The number of rotatable bonds is 1. The van der Waals surface area contributed by atoms with Crippen molar-refractivity contribution in [2.45, 2.75) is 30.7 Å². The fourth-order valence-corrected chi connectivity index (χ4v) is 1.01. The average Bonchev–Trinajstić information content (AvgIpc) is 2.08. The van der Waals surface area contributed by atoms with Crippen LogP contribution >= 0.6 is 0 Å². The minimum Gasteiger partial charge on any atom is -0.387 e. The smallest absolute Gasteiger partial charge is 0.313 e. The Bertz CT molecular complexity index is 171. The predicted octanol–water partition coefficient (Wildman–Crippen LogP) is -3.04. The van der Waals surface area contributed by atoms with Gasteiger partial charge < -0.3 is 25.2 Å². The molecule has 0 unspecified atom stereocenters. The molecule has 5 N–H and O–H groups in total. The highest BCUT2D eigenvalue weighted by atomic mass is 16.6. The molecule has 12 heavy (non-hydrogen) atoms. The van der Waals surface area contributed by atoms with Crippen molar-refractivity contribution >= 4 is 6.29 Å². The maximum Gasteiger partial charge on any atom is 0.313 e. The normalized spacial score (nSPS) is 48.8. The summed E-state index contributed by atoms with van der Waals surface area (Å²) in [4.78, 5) is 8.47. The fourth-order valence-electron chi connectivity index (χ4n) is 1.01. The van der Waals surface area contributed by atoms with Crippen molar-refractivity contribution in [1.29, 1.82) is 0 Å². The minimum atomic E-state index is -1.60. The topological polar surface area (TPSA) is 112 Å². The summed E-state index contributed by atoms with van der Waals surface area (Å²) in [7, 11) is 0. The van der Waals surface area contributed by atoms with E-state index in [-0.39, 0.29) is 0 Å². The second kappa shape index (κ2) is 3.46. The van der Waals surface area contributed by atoms with Crippen LogP contribution in [0.25, 0.3) is 0 Å². The fraction of sp³-hybridized carbons (Fsp3) is 0.833. The van der Waals surface area contributed by atoms with Crippen LogP contribution in [0.15, 0.2) is 0 Å². The van der Waals surface area contributed by atoms with Gasteiger partial charge in [0.1, 0.15) is 18.3 Å². The molecule has 0 aromatic rings. The molecular formula is C6H11O6+. The molecule has 0 spiro atoms. The van der Waals surface area contributed by atoms with Gasteiger partial charge in [-0.3, -0.25) is 4.79 Å². The van der Waals surface area contributed by atoms with Gasteiger partial charge in [0.05, 0.1) is 0 Å². The molecule has 0 amide bonds. The Kier molecular flexibility index (Phi) is 2.76. The maximum absolute atomic E-state index is 9.09. The third-order valence-electron chi connectivity index (χ3n) is 1.77. The SMILES string of the molecule is O[C@@H]1[C@@H](O)[C@@H](O)O[C@H](C=[OH+])[C@H]1O. The lowest BCUT2D eigenvalue weighted by Gasteiger charge is -2.34. The number of hydrogen-bond donors (Lipinski definition) is 4. The van der Waals surface area contributed by atoms with E-state index >= 15 is 0 Å². The Balaban J connectivity index is 2.70. The standard InChI is InChI=1S/C6H10O6/c7-1-2-3(8)4(9)5(10)6(11)12-2/h1-6,8-11H/p+1/t2-,3-,4+,5-,6+/m1/s1. The van der Waals surface area contributed by atoms with Crippen LogP contribution < -0.4 is 0 Å². The average molecular weight is 179 g/mol. The first kappa shape index (κ1) is 9.56. The summed E-state index contributed by atoms with van der Waals surface area (Å²) in [5, 5.41) is 36.0. The Morgan fingerprint density at radius 1 is 1.00 bits per heavy atom. The van der Waals surface area contributed by atoms with Crippen molar-refractivity contribution in [3.05, 3.63) is 0 Å². The van der Waals surface area contributed by atoms with Gasteiger partial charge in [0.25, 0.3) is 0 Å². The second-order valence-corrected chi connectivity index (χ2v) is 2.61. The van der Waals surface area contributed by atoms with Gasteiger partial charge in [-0.15, -0.1) is 0 Å². The van der Waals surface area contributed by atoms with Gasteiger partial charge in [0.15, 0.2) is 12.4 Å². The van der Waals surface area contributed by atoms with Gasteiger partial charge in [0, 0.05) is 0 Å². The zero-order valence-corrected chi connectivity index (χ0v) is 6.11. The summed E-state index contributed by atoms with van der Waals surface area (Å²) < 4.78 is 4.52. The summed E-state index contributed by atoms with van der Waals surface area (Å²) in [6.07, 6.45) is -6.80. The third kappa shape index (κ3) is 1.47. The lowest BCUT2D eigenvalue weighted by Crippen LogP contribution is -2.57. The molecule has 1 aliphatic heterocycles. The first-order valence-electron chi connectivity index (χ1n) is 3.43. The second-order valence-electron chi connectivity index (χ2n) is 2.61. The van der Waals surface area contributed by atoms with Gasteiger partial charge in [-0.2, -0.15) is 0 Å². The van der Waals surface area contributed by atoms with Crippen LogP contribution in [-0.4, -0.2) is 62.2 Å². The highest BCUT2D eigenvalue weighted by molar-refractivity contribution is 5.58. The highest BCUT2D eigenvalue weighted by Gasteiger charge is 2.44. The molecule has 1 saturated heterocycles. The van der Waals surface area contributed by atoms with Gasteiger partial charge in [-0.1, -0.05) is 0 Å². The summed E-state index contributed by atoms with van der Waals surface area (Å²) in [6, 6.07) is 0. The lowest BCUT2D eigenvalue weighted by atomic mass is 10.00. The van der Waals surface area contributed by atoms with E-state index in [2.05, 4.69) is 4.74 Å². The predicted molar refractivity (Wildman–Crippen MR) is 36.9 cm³/mol. The highest BCUT2D eigenvalue weighted by Crippen LogP contribution is 2.17. The molecular weight excluding hydrogens is 168 g/mol. The van der Waals surface area contributed by atoms with E-state index in [0.717, 1.165) is 0 Å². The van der Waals surface area contributed by atoms with Gasteiger partial charge in [-0.05, 0) is 0 Å². The molecule has 1 fully saturated rings. The molecule has 1 heterocycles. The van der Waals surface area contributed by atoms with Crippen molar-refractivity contribution in [2.75, 3.05) is 0 Å². The minimum absolute atomic E-state index is 0.503. The Morgan fingerprint density at radius 2 is 1.58 bits per heavy atom. The van der Waals surface area contributed by atoms with E-state index in [9.17, 15) is 0 Å². The first-order chi connectivity index (χ1) is 5.57. The zero-order chi connectivity index (χ0) is 9.30. The van der Waals surface area contributed by atoms with Crippen molar-refractivity contribution in [1.82, 2.24) is 0 Å². The third-order valence-corrected chi connectivity index (χ3v) is 1.77. The van der Waals surface area contributed by atoms with E-state index in [1.54, 1.807) is 0 Å². The first-order valence-corrected chi connectivity index (χ1v) is 3.43.